The molecule has 0 unspecified atom stereocenters. The molecule has 0 radical (unpaired) electrons. The van der Waals surface area contributed by atoms with Gasteiger partial charge < -0.3 is 15.5 Å². The summed E-state index contributed by atoms with van der Waals surface area (Å²) in [5.74, 6) is -0.754. The summed E-state index contributed by atoms with van der Waals surface area (Å²) in [7, 11) is 0. The maximum Gasteiger partial charge on any atom is 0.324 e. The SMILES string of the molecule is O=C(Nc1ccccc1C(=O)N1CCCC1)c1cccc(CN2C(=O)CNC2=O)c1. The van der Waals surface area contributed by atoms with E-state index in [-0.39, 0.29) is 30.8 Å². The highest BCUT2D eigenvalue weighted by atomic mass is 16.2. The minimum atomic E-state index is -0.441. The fourth-order valence-electron chi connectivity index (χ4n) is 3.67. The van der Waals surface area contributed by atoms with Crippen LogP contribution in [-0.2, 0) is 11.3 Å². The van der Waals surface area contributed by atoms with Gasteiger partial charge in [-0.1, -0.05) is 24.3 Å². The van der Waals surface area contributed by atoms with Crippen molar-refractivity contribution in [3.63, 3.8) is 0 Å². The molecule has 2 aromatic carbocycles. The van der Waals surface area contributed by atoms with Crippen molar-refractivity contribution in [2.24, 2.45) is 0 Å². The quantitative estimate of drug-likeness (QED) is 0.744. The van der Waals surface area contributed by atoms with Gasteiger partial charge in [-0.15, -0.1) is 0 Å². The van der Waals surface area contributed by atoms with E-state index in [4.69, 9.17) is 0 Å². The van der Waals surface area contributed by atoms with Crippen LogP contribution >= 0.6 is 0 Å². The number of imide groups is 1. The fraction of sp³-hybridized carbons (Fsp3) is 0.273. The molecular formula is C22H22N4O4. The van der Waals surface area contributed by atoms with Crippen molar-refractivity contribution < 1.29 is 19.2 Å². The normalized spacial score (nSPS) is 16.0. The summed E-state index contributed by atoms with van der Waals surface area (Å²) in [6.45, 7) is 1.54. The number of hydrogen-bond donors (Lipinski definition) is 2. The monoisotopic (exact) mass is 406 g/mol. The topological polar surface area (TPSA) is 98.8 Å². The van der Waals surface area contributed by atoms with E-state index in [0.717, 1.165) is 30.8 Å². The van der Waals surface area contributed by atoms with Crippen molar-refractivity contribution in [2.75, 3.05) is 25.0 Å². The van der Waals surface area contributed by atoms with E-state index in [1.54, 1.807) is 53.4 Å². The average Bonchev–Trinajstić information content (AvgIpc) is 3.40. The molecule has 2 N–H and O–H groups in total. The zero-order valence-electron chi connectivity index (χ0n) is 16.4. The molecule has 0 atom stereocenters. The molecule has 154 valence electrons. The van der Waals surface area contributed by atoms with Gasteiger partial charge in [0, 0.05) is 18.7 Å². The predicted octanol–water partition coefficient (Wildman–Crippen LogP) is 2.23. The lowest BCUT2D eigenvalue weighted by atomic mass is 10.1. The highest BCUT2D eigenvalue weighted by molar-refractivity contribution is 6.09. The van der Waals surface area contributed by atoms with Crippen LogP contribution in [0.1, 0.15) is 39.1 Å². The van der Waals surface area contributed by atoms with Gasteiger partial charge in [0.25, 0.3) is 11.8 Å². The summed E-state index contributed by atoms with van der Waals surface area (Å²) < 4.78 is 0. The van der Waals surface area contributed by atoms with E-state index in [2.05, 4.69) is 10.6 Å². The summed E-state index contributed by atoms with van der Waals surface area (Å²) in [4.78, 5) is 52.1. The Labute approximate surface area is 173 Å². The number of benzene rings is 2. The second kappa shape index (κ2) is 8.36. The number of nitrogens with zero attached hydrogens (tertiary/aromatic N) is 2. The Morgan fingerprint density at radius 2 is 1.77 bits per heavy atom. The van der Waals surface area contributed by atoms with Crippen LogP contribution in [0.2, 0.25) is 0 Å². The second-order valence-corrected chi connectivity index (χ2v) is 7.34. The van der Waals surface area contributed by atoms with Gasteiger partial charge in [0.1, 0.15) is 0 Å². The van der Waals surface area contributed by atoms with Crippen LogP contribution < -0.4 is 10.6 Å². The minimum Gasteiger partial charge on any atom is -0.339 e. The number of hydrogen-bond acceptors (Lipinski definition) is 4. The number of rotatable bonds is 5. The van der Waals surface area contributed by atoms with Gasteiger partial charge in [-0.05, 0) is 42.7 Å². The van der Waals surface area contributed by atoms with Gasteiger partial charge in [0.15, 0.2) is 0 Å². The Bertz CT molecular complexity index is 998. The van der Waals surface area contributed by atoms with Crippen LogP contribution in [0, 0.1) is 0 Å². The van der Waals surface area contributed by atoms with E-state index >= 15 is 0 Å². The molecule has 30 heavy (non-hydrogen) atoms. The van der Waals surface area contributed by atoms with Crippen molar-refractivity contribution >= 4 is 29.4 Å². The molecule has 2 aromatic rings. The molecular weight excluding hydrogens is 384 g/mol. The van der Waals surface area contributed by atoms with E-state index in [9.17, 15) is 19.2 Å². The van der Waals surface area contributed by atoms with Crippen LogP contribution in [0.25, 0.3) is 0 Å². The third kappa shape index (κ3) is 4.03. The molecule has 2 aliphatic rings. The first-order valence-corrected chi connectivity index (χ1v) is 9.90. The van der Waals surface area contributed by atoms with E-state index in [0.29, 0.717) is 22.4 Å². The molecule has 0 bridgehead atoms. The molecule has 0 aliphatic carbocycles. The summed E-state index contributed by atoms with van der Waals surface area (Å²) in [6.07, 6.45) is 1.98. The molecule has 2 heterocycles. The minimum absolute atomic E-state index is 0.0131. The number of carbonyl (C=O) groups is 4. The lowest BCUT2D eigenvalue weighted by Crippen LogP contribution is -2.30. The summed E-state index contributed by atoms with van der Waals surface area (Å²) in [5.41, 5.74) is 1.96. The number of likely N-dealkylation sites (tertiary alicyclic amines) is 1. The first-order chi connectivity index (χ1) is 14.5. The van der Waals surface area contributed by atoms with Crippen LogP contribution in [0.15, 0.2) is 48.5 Å². The van der Waals surface area contributed by atoms with E-state index in [1.165, 1.54) is 0 Å². The molecule has 0 spiro atoms. The molecule has 8 nitrogen and oxygen atoms in total. The lowest BCUT2D eigenvalue weighted by molar-refractivity contribution is -0.125. The van der Waals surface area contributed by atoms with Gasteiger partial charge in [0.05, 0.1) is 24.3 Å². The number of amides is 5. The molecule has 0 aromatic heterocycles. The van der Waals surface area contributed by atoms with Crippen molar-refractivity contribution in [1.82, 2.24) is 15.1 Å². The molecule has 8 heteroatoms. The van der Waals surface area contributed by atoms with E-state index in [1.807, 2.05) is 0 Å². The van der Waals surface area contributed by atoms with E-state index < -0.39 is 6.03 Å². The Morgan fingerprint density at radius 3 is 2.50 bits per heavy atom. The molecule has 5 amide bonds. The summed E-state index contributed by atoms with van der Waals surface area (Å²) in [6, 6.07) is 13.3. The van der Waals surface area contributed by atoms with Gasteiger partial charge in [-0.3, -0.25) is 19.3 Å². The first-order valence-electron chi connectivity index (χ1n) is 9.90. The Morgan fingerprint density at radius 1 is 1.00 bits per heavy atom. The summed E-state index contributed by atoms with van der Waals surface area (Å²) >= 11 is 0. The van der Waals surface area contributed by atoms with Crippen molar-refractivity contribution in [1.29, 1.82) is 0 Å². The number of anilines is 1. The van der Waals surface area contributed by atoms with Crippen LogP contribution in [0.3, 0.4) is 0 Å². The van der Waals surface area contributed by atoms with Crippen molar-refractivity contribution in [3.05, 3.63) is 65.2 Å². The predicted molar refractivity (Wildman–Crippen MR) is 110 cm³/mol. The van der Waals surface area contributed by atoms with Crippen LogP contribution in [0.5, 0.6) is 0 Å². The lowest BCUT2D eigenvalue weighted by Gasteiger charge is -2.18. The molecule has 2 saturated heterocycles. The maximum atomic E-state index is 12.8. The number of nitrogens with one attached hydrogen (secondary N) is 2. The van der Waals surface area contributed by atoms with Gasteiger partial charge in [-0.2, -0.15) is 0 Å². The largest absolute Gasteiger partial charge is 0.339 e. The summed E-state index contributed by atoms with van der Waals surface area (Å²) in [5, 5.41) is 5.30. The third-order valence-electron chi connectivity index (χ3n) is 5.27. The van der Waals surface area contributed by atoms with Crippen LogP contribution in [0.4, 0.5) is 10.5 Å². The van der Waals surface area contributed by atoms with Gasteiger partial charge in [0.2, 0.25) is 5.91 Å². The zero-order chi connectivity index (χ0) is 21.1. The third-order valence-corrected chi connectivity index (χ3v) is 5.27. The second-order valence-electron chi connectivity index (χ2n) is 7.34. The number of para-hydroxylation sites is 1. The molecule has 0 saturated carbocycles. The smallest absolute Gasteiger partial charge is 0.324 e. The average molecular weight is 406 g/mol. The molecule has 2 fully saturated rings. The molecule has 4 rings (SSSR count). The number of carbonyl (C=O) groups excluding carboxylic acids is 4. The maximum absolute atomic E-state index is 12.8. The Hall–Kier alpha value is -3.68. The van der Waals surface area contributed by atoms with Gasteiger partial charge in [-0.25, -0.2) is 4.79 Å². The zero-order valence-corrected chi connectivity index (χ0v) is 16.4. The standard InChI is InChI=1S/C22H22N4O4/c27-19-13-23-22(30)26(19)14-15-6-5-7-16(12-15)20(28)24-18-9-2-1-8-17(18)21(29)25-10-3-4-11-25/h1-2,5-9,12H,3-4,10-11,13-14H2,(H,23,30)(H,24,28). The Kier molecular flexibility index (Phi) is 5.47. The van der Waals surface area contributed by atoms with Crippen molar-refractivity contribution in [2.45, 2.75) is 19.4 Å². The fourth-order valence-corrected chi connectivity index (χ4v) is 3.67. The van der Waals surface area contributed by atoms with Crippen molar-refractivity contribution in [3.8, 4) is 0 Å². The Balaban J connectivity index is 1.50. The van der Waals surface area contributed by atoms with Crippen LogP contribution in [-0.4, -0.2) is 53.2 Å². The first kappa shape index (κ1) is 19.6. The molecule has 2 aliphatic heterocycles. The highest BCUT2D eigenvalue weighted by Gasteiger charge is 2.28. The number of urea groups is 1. The van der Waals surface area contributed by atoms with Gasteiger partial charge >= 0.3 is 6.03 Å². The highest BCUT2D eigenvalue weighted by Crippen LogP contribution is 2.21.